The normalized spacial score (nSPS) is 18.6. The number of carbonyl (C=O) groups is 1. The van der Waals surface area contributed by atoms with Crippen LogP contribution in [0.2, 0.25) is 0 Å². The van der Waals surface area contributed by atoms with Crippen molar-refractivity contribution in [1.29, 1.82) is 0 Å². The summed E-state index contributed by atoms with van der Waals surface area (Å²) in [6.45, 7) is 4.37. The zero-order valence-electron chi connectivity index (χ0n) is 21.8. The van der Waals surface area contributed by atoms with E-state index in [4.69, 9.17) is 24.3 Å². The number of aliphatic hydroxyl groups is 1. The molecular formula is C30H33BrN2O5. The van der Waals surface area contributed by atoms with Crippen LogP contribution in [0.5, 0.6) is 11.5 Å². The van der Waals surface area contributed by atoms with Crippen LogP contribution in [0.1, 0.15) is 43.1 Å². The molecule has 7 nitrogen and oxygen atoms in total. The van der Waals surface area contributed by atoms with Gasteiger partial charge in [0.05, 0.1) is 13.7 Å². The van der Waals surface area contributed by atoms with Crippen LogP contribution in [-0.4, -0.2) is 48.8 Å². The number of ether oxygens (including phenoxy) is 3. The standard InChI is InChI=1S/C30H33BrN2O5/c1-20(2)32-29(35)30(19-21-8-12-24(31)13-9-21)27(23-6-4-7-26(18-23)36-3)38-28(33-30)22-10-14-25(15-11-22)37-17-5-16-34/h4,6-15,18,20,27,34H,5,16-17,19H2,1-3H3,(H,32,35)/t27-,30-/m1/s1. The van der Waals surface area contributed by atoms with Crippen molar-refractivity contribution in [1.82, 2.24) is 5.32 Å². The number of nitrogens with one attached hydrogen (secondary N) is 1. The van der Waals surface area contributed by atoms with Crippen LogP contribution in [0.15, 0.2) is 82.3 Å². The molecule has 0 bridgehead atoms. The van der Waals surface area contributed by atoms with Gasteiger partial charge in [-0.3, -0.25) is 4.79 Å². The van der Waals surface area contributed by atoms with Gasteiger partial charge in [-0.05, 0) is 73.5 Å². The minimum Gasteiger partial charge on any atom is -0.497 e. The van der Waals surface area contributed by atoms with Crippen molar-refractivity contribution >= 4 is 27.7 Å². The molecule has 0 saturated carbocycles. The third-order valence-corrected chi connectivity index (χ3v) is 6.76. The van der Waals surface area contributed by atoms with Crippen molar-refractivity contribution in [3.8, 4) is 11.5 Å². The Labute approximate surface area is 232 Å². The second kappa shape index (κ2) is 12.5. The highest BCUT2D eigenvalue weighted by atomic mass is 79.9. The van der Waals surface area contributed by atoms with Crippen LogP contribution in [0.4, 0.5) is 0 Å². The van der Waals surface area contributed by atoms with Crippen LogP contribution in [0.25, 0.3) is 0 Å². The molecule has 2 atom stereocenters. The Morgan fingerprint density at radius 2 is 1.84 bits per heavy atom. The molecule has 1 aliphatic heterocycles. The average molecular weight is 582 g/mol. The number of halogens is 1. The fourth-order valence-corrected chi connectivity index (χ4v) is 4.65. The Kier molecular flexibility index (Phi) is 9.07. The summed E-state index contributed by atoms with van der Waals surface area (Å²) in [4.78, 5) is 19.0. The summed E-state index contributed by atoms with van der Waals surface area (Å²) in [6.07, 6.45) is 0.214. The van der Waals surface area contributed by atoms with Crippen molar-refractivity contribution in [3.05, 3.63) is 94.0 Å². The number of aliphatic hydroxyl groups excluding tert-OH is 1. The molecule has 0 radical (unpaired) electrons. The van der Waals surface area contributed by atoms with Gasteiger partial charge in [-0.25, -0.2) is 4.99 Å². The highest BCUT2D eigenvalue weighted by Crippen LogP contribution is 2.43. The van der Waals surface area contributed by atoms with Gasteiger partial charge in [-0.1, -0.05) is 40.2 Å². The van der Waals surface area contributed by atoms with Crippen molar-refractivity contribution in [2.24, 2.45) is 4.99 Å². The lowest BCUT2D eigenvalue weighted by molar-refractivity contribution is -0.129. The predicted molar refractivity (Wildman–Crippen MR) is 151 cm³/mol. The van der Waals surface area contributed by atoms with Crippen molar-refractivity contribution in [2.75, 3.05) is 20.3 Å². The molecule has 38 heavy (non-hydrogen) atoms. The Morgan fingerprint density at radius 1 is 1.11 bits per heavy atom. The quantitative estimate of drug-likeness (QED) is 0.303. The fourth-order valence-electron chi connectivity index (χ4n) is 4.39. The van der Waals surface area contributed by atoms with Gasteiger partial charge in [0.15, 0.2) is 11.6 Å². The lowest BCUT2D eigenvalue weighted by Gasteiger charge is -2.31. The van der Waals surface area contributed by atoms with Crippen molar-refractivity contribution in [2.45, 2.75) is 44.4 Å². The number of benzene rings is 3. The van der Waals surface area contributed by atoms with Crippen LogP contribution in [0.3, 0.4) is 0 Å². The summed E-state index contributed by atoms with van der Waals surface area (Å²) in [5, 5.41) is 12.1. The molecule has 8 heteroatoms. The van der Waals surface area contributed by atoms with E-state index in [1.54, 1.807) is 7.11 Å². The zero-order chi connectivity index (χ0) is 27.1. The Bertz CT molecular complexity index is 1260. The van der Waals surface area contributed by atoms with Crippen LogP contribution in [-0.2, 0) is 16.0 Å². The van der Waals surface area contributed by atoms with Gasteiger partial charge in [-0.2, -0.15) is 0 Å². The molecule has 1 aliphatic rings. The van der Waals surface area contributed by atoms with E-state index in [0.717, 1.165) is 21.2 Å². The minimum absolute atomic E-state index is 0.0767. The molecule has 0 aromatic heterocycles. The third kappa shape index (κ3) is 6.37. The van der Waals surface area contributed by atoms with Gasteiger partial charge < -0.3 is 24.6 Å². The van der Waals surface area contributed by atoms with E-state index in [1.165, 1.54) is 0 Å². The number of nitrogens with zero attached hydrogens (tertiary/aromatic N) is 1. The number of hydrogen-bond acceptors (Lipinski definition) is 6. The smallest absolute Gasteiger partial charge is 0.252 e. The number of rotatable bonds is 11. The number of carbonyl (C=O) groups excluding carboxylic acids is 1. The maximum absolute atomic E-state index is 14.0. The summed E-state index contributed by atoms with van der Waals surface area (Å²) in [6, 6.07) is 22.8. The SMILES string of the molecule is COc1cccc([C@H]2OC(c3ccc(OCCCO)cc3)=N[C@@]2(Cc2ccc(Br)cc2)C(=O)NC(C)C)c1. The molecule has 1 amide bonds. The van der Waals surface area contributed by atoms with Gasteiger partial charge in [0, 0.05) is 35.5 Å². The van der Waals surface area contributed by atoms with Crippen molar-refractivity contribution in [3.63, 3.8) is 0 Å². The van der Waals surface area contributed by atoms with E-state index in [-0.39, 0.29) is 18.6 Å². The number of methoxy groups -OCH3 is 1. The Morgan fingerprint density at radius 3 is 2.50 bits per heavy atom. The Hall–Kier alpha value is -3.36. The van der Waals surface area contributed by atoms with E-state index in [2.05, 4.69) is 21.2 Å². The van der Waals surface area contributed by atoms with Crippen LogP contribution < -0.4 is 14.8 Å². The number of aliphatic imine (C=N–C) groups is 1. The summed E-state index contributed by atoms with van der Waals surface area (Å²) >= 11 is 3.50. The first kappa shape index (κ1) is 27.7. The van der Waals surface area contributed by atoms with Crippen molar-refractivity contribution < 1.29 is 24.1 Å². The average Bonchev–Trinajstić information content (AvgIpc) is 3.31. The van der Waals surface area contributed by atoms with Gasteiger partial charge >= 0.3 is 0 Å². The Balaban J connectivity index is 1.79. The topological polar surface area (TPSA) is 89.4 Å². The molecular weight excluding hydrogens is 548 g/mol. The molecule has 200 valence electrons. The monoisotopic (exact) mass is 580 g/mol. The first-order valence-electron chi connectivity index (χ1n) is 12.6. The van der Waals surface area contributed by atoms with Gasteiger partial charge in [0.25, 0.3) is 5.91 Å². The lowest BCUT2D eigenvalue weighted by Crippen LogP contribution is -2.51. The molecule has 1 heterocycles. The van der Waals surface area contributed by atoms with E-state index in [0.29, 0.717) is 36.8 Å². The minimum atomic E-state index is -1.25. The maximum Gasteiger partial charge on any atom is 0.252 e. The summed E-state index contributed by atoms with van der Waals surface area (Å²) in [5.41, 5.74) is 1.24. The predicted octanol–water partition coefficient (Wildman–Crippen LogP) is 5.24. The van der Waals surface area contributed by atoms with E-state index < -0.39 is 11.6 Å². The molecule has 2 N–H and O–H groups in total. The van der Waals surface area contributed by atoms with Crippen LogP contribution >= 0.6 is 15.9 Å². The molecule has 4 rings (SSSR count). The lowest BCUT2D eigenvalue weighted by atomic mass is 9.81. The largest absolute Gasteiger partial charge is 0.497 e. The van der Waals surface area contributed by atoms with Gasteiger partial charge in [0.1, 0.15) is 11.5 Å². The first-order chi connectivity index (χ1) is 18.3. The summed E-state index contributed by atoms with van der Waals surface area (Å²) < 4.78 is 18.6. The molecule has 0 aliphatic carbocycles. The summed E-state index contributed by atoms with van der Waals surface area (Å²) in [7, 11) is 1.61. The highest BCUT2D eigenvalue weighted by molar-refractivity contribution is 9.10. The fraction of sp³-hybridized carbons (Fsp3) is 0.333. The van der Waals surface area contributed by atoms with Gasteiger partial charge in [0.2, 0.25) is 5.90 Å². The van der Waals surface area contributed by atoms with Gasteiger partial charge in [-0.15, -0.1) is 0 Å². The third-order valence-electron chi connectivity index (χ3n) is 6.23. The maximum atomic E-state index is 14.0. The number of hydrogen-bond donors (Lipinski definition) is 2. The molecule has 0 unspecified atom stereocenters. The number of amides is 1. The second-order valence-electron chi connectivity index (χ2n) is 9.50. The highest BCUT2D eigenvalue weighted by Gasteiger charge is 2.53. The molecule has 3 aromatic rings. The van der Waals surface area contributed by atoms with E-state index >= 15 is 0 Å². The second-order valence-corrected chi connectivity index (χ2v) is 10.4. The molecule has 3 aromatic carbocycles. The first-order valence-corrected chi connectivity index (χ1v) is 13.4. The van der Waals surface area contributed by atoms with E-state index in [1.807, 2.05) is 86.6 Å². The molecule has 0 saturated heterocycles. The van der Waals surface area contributed by atoms with E-state index in [9.17, 15) is 4.79 Å². The molecule has 0 spiro atoms. The molecule has 0 fully saturated rings. The zero-order valence-corrected chi connectivity index (χ0v) is 23.4. The summed E-state index contributed by atoms with van der Waals surface area (Å²) in [5.74, 6) is 1.53. The van der Waals surface area contributed by atoms with Crippen LogP contribution in [0, 0.1) is 0 Å².